The highest BCUT2D eigenvalue weighted by Gasteiger charge is 2.65. The fraction of sp³-hybridized carbons (Fsp3) is 0.467. The smallest absolute Gasteiger partial charge is 0.459 e. The molecule has 2 aromatic heterocycles. The van der Waals surface area contributed by atoms with E-state index in [-0.39, 0.29) is 11.4 Å². The first-order valence-corrected chi connectivity index (χ1v) is 16.1. The van der Waals surface area contributed by atoms with E-state index in [4.69, 9.17) is 18.5 Å². The van der Waals surface area contributed by atoms with Crippen LogP contribution in [0.15, 0.2) is 48.8 Å². The Balaban J connectivity index is 1.46. The third kappa shape index (κ3) is 6.42. The third-order valence-corrected chi connectivity index (χ3v) is 8.99. The molecule has 1 aliphatic rings. The molecule has 46 heavy (non-hydrogen) atoms. The number of carbonyl (C=O) groups is 1. The summed E-state index contributed by atoms with van der Waals surface area (Å²) in [5, 5.41) is 14.7. The highest BCUT2D eigenvalue weighted by Crippen LogP contribution is 2.52. The van der Waals surface area contributed by atoms with Crippen LogP contribution in [0.4, 0.5) is 14.6 Å². The number of rotatable bonds is 11. The molecular formula is C30H37F2N6O7P. The van der Waals surface area contributed by atoms with E-state index in [9.17, 15) is 14.5 Å². The second kappa shape index (κ2) is 12.5. The van der Waals surface area contributed by atoms with Crippen molar-refractivity contribution >= 4 is 41.5 Å². The molecule has 5 rings (SSSR count). The van der Waals surface area contributed by atoms with Crippen LogP contribution in [0, 0.1) is 6.92 Å². The zero-order valence-corrected chi connectivity index (χ0v) is 27.4. The summed E-state index contributed by atoms with van der Waals surface area (Å²) < 4.78 is 70.2. The van der Waals surface area contributed by atoms with Crippen LogP contribution in [0.3, 0.4) is 0 Å². The molecule has 3 heterocycles. The van der Waals surface area contributed by atoms with Gasteiger partial charge in [0.25, 0.3) is 5.85 Å². The highest BCUT2D eigenvalue weighted by molar-refractivity contribution is 7.52. The average molecular weight is 663 g/mol. The van der Waals surface area contributed by atoms with Gasteiger partial charge in [0.1, 0.15) is 24.2 Å². The summed E-state index contributed by atoms with van der Waals surface area (Å²) in [5.41, 5.74) is -2.30. The molecular weight excluding hydrogens is 625 g/mol. The molecule has 2 N–H and O–H groups in total. The lowest BCUT2D eigenvalue weighted by molar-refractivity contribution is -0.202. The van der Waals surface area contributed by atoms with Gasteiger partial charge >= 0.3 is 13.7 Å². The standard InChI is InChI=1S/C30H37F2N6O7P/c1-17(2)43-26(39)18(3)36-46(41,45-22-14-10-12-20-11-8-9-13-21(20)22)42-15-30(32)27(40)29(5,31)28(44-30)38-16-33-23-24(37(6)7)34-19(4)35-25(23)38/h8-14,16-18,27-28,40H,15H2,1-7H3,(H,36,41)/t18-,27+,28-,29-,30-,46?/m1/s1. The third-order valence-electron chi connectivity index (χ3n) is 7.38. The molecule has 0 radical (unpaired) electrons. The fourth-order valence-electron chi connectivity index (χ4n) is 5.15. The molecule has 4 aromatic rings. The Morgan fingerprint density at radius 2 is 1.87 bits per heavy atom. The summed E-state index contributed by atoms with van der Waals surface area (Å²) in [7, 11) is -1.16. The molecule has 0 bridgehead atoms. The molecule has 6 atom stereocenters. The summed E-state index contributed by atoms with van der Waals surface area (Å²) in [6, 6.07) is 10.8. The van der Waals surface area contributed by atoms with E-state index < -0.39 is 56.3 Å². The van der Waals surface area contributed by atoms with Gasteiger partial charge in [0, 0.05) is 19.5 Å². The minimum absolute atomic E-state index is 0.101. The molecule has 1 fully saturated rings. The SMILES string of the molecule is Cc1nc(N(C)C)c2ncn([C@@H]3O[C@](F)(COP(=O)(N[C@H](C)C(=O)OC(C)C)Oc4cccc5ccccc45)[C@@H](O)[C@@]3(C)F)c2n1. The molecule has 0 amide bonds. The summed E-state index contributed by atoms with van der Waals surface area (Å²) in [5.74, 6) is -3.13. The maximum atomic E-state index is 16.5. The van der Waals surface area contributed by atoms with Crippen LogP contribution in [-0.2, 0) is 23.4 Å². The van der Waals surface area contributed by atoms with Gasteiger partial charge in [-0.15, -0.1) is 0 Å². The van der Waals surface area contributed by atoms with E-state index in [0.717, 1.165) is 16.9 Å². The number of hydrogen-bond acceptors (Lipinski definition) is 11. The zero-order chi connectivity index (χ0) is 33.6. The number of aliphatic hydroxyl groups excluding tert-OH is 1. The van der Waals surface area contributed by atoms with Gasteiger partial charge < -0.3 is 24.0 Å². The fourth-order valence-corrected chi connectivity index (χ4v) is 6.67. The molecule has 0 aliphatic carbocycles. The van der Waals surface area contributed by atoms with Crippen molar-refractivity contribution in [3.05, 3.63) is 54.6 Å². The lowest BCUT2D eigenvalue weighted by Crippen LogP contribution is -2.47. The van der Waals surface area contributed by atoms with Crippen molar-refractivity contribution in [2.75, 3.05) is 25.6 Å². The van der Waals surface area contributed by atoms with Gasteiger partial charge in [-0.3, -0.25) is 13.9 Å². The Labute approximate surface area is 264 Å². The van der Waals surface area contributed by atoms with Crippen molar-refractivity contribution in [2.45, 2.75) is 70.6 Å². The minimum atomic E-state index is -4.66. The number of nitrogens with zero attached hydrogens (tertiary/aromatic N) is 5. The van der Waals surface area contributed by atoms with E-state index in [2.05, 4.69) is 20.0 Å². The number of aryl methyl sites for hydroxylation is 1. The maximum absolute atomic E-state index is 16.5. The number of alkyl halides is 2. The van der Waals surface area contributed by atoms with Crippen molar-refractivity contribution in [3.63, 3.8) is 0 Å². The number of aliphatic hydroxyl groups is 1. The maximum Gasteiger partial charge on any atom is 0.459 e. The Morgan fingerprint density at radius 3 is 2.57 bits per heavy atom. The van der Waals surface area contributed by atoms with Crippen molar-refractivity contribution < 1.29 is 41.8 Å². The summed E-state index contributed by atoms with van der Waals surface area (Å²) in [4.78, 5) is 27.3. The second-order valence-electron chi connectivity index (χ2n) is 11.8. The van der Waals surface area contributed by atoms with E-state index in [1.54, 1.807) is 76.2 Å². The number of fused-ring (bicyclic) bond motifs is 2. The van der Waals surface area contributed by atoms with E-state index >= 15 is 8.78 Å². The number of esters is 1. The Kier molecular flexibility index (Phi) is 9.10. The summed E-state index contributed by atoms with van der Waals surface area (Å²) >= 11 is 0. The number of anilines is 1. The topological polar surface area (TPSA) is 150 Å². The second-order valence-corrected chi connectivity index (χ2v) is 13.5. The quantitative estimate of drug-likeness (QED) is 0.168. The van der Waals surface area contributed by atoms with Crippen LogP contribution < -0.4 is 14.5 Å². The molecule has 248 valence electrons. The van der Waals surface area contributed by atoms with E-state index in [1.165, 1.54) is 19.3 Å². The number of benzene rings is 2. The molecule has 0 spiro atoms. The minimum Gasteiger partial charge on any atom is -0.462 e. The number of ether oxygens (including phenoxy) is 2. The van der Waals surface area contributed by atoms with Crippen LogP contribution >= 0.6 is 7.75 Å². The number of halogens is 2. The predicted molar refractivity (Wildman–Crippen MR) is 166 cm³/mol. The largest absolute Gasteiger partial charge is 0.462 e. The average Bonchev–Trinajstić information content (AvgIpc) is 3.47. The van der Waals surface area contributed by atoms with Crippen LogP contribution in [0.25, 0.3) is 21.9 Å². The van der Waals surface area contributed by atoms with Gasteiger partial charge in [0.15, 0.2) is 35.0 Å². The first-order chi connectivity index (χ1) is 21.5. The van der Waals surface area contributed by atoms with Gasteiger partial charge in [-0.05, 0) is 46.1 Å². The zero-order valence-electron chi connectivity index (χ0n) is 26.5. The normalized spacial score (nSPS) is 25.1. The van der Waals surface area contributed by atoms with Gasteiger partial charge in [0.05, 0.1) is 12.4 Å². The first-order valence-electron chi connectivity index (χ1n) is 14.6. The Morgan fingerprint density at radius 1 is 1.17 bits per heavy atom. The van der Waals surface area contributed by atoms with Gasteiger partial charge in [0.2, 0.25) is 0 Å². The molecule has 13 nitrogen and oxygen atoms in total. The molecule has 2 aromatic carbocycles. The van der Waals surface area contributed by atoms with Gasteiger partial charge in [-0.1, -0.05) is 36.4 Å². The first kappa shape index (κ1) is 33.6. The number of aromatic nitrogens is 4. The molecule has 16 heteroatoms. The molecule has 0 saturated carbocycles. The van der Waals surface area contributed by atoms with Crippen LogP contribution in [0.2, 0.25) is 0 Å². The summed E-state index contributed by atoms with van der Waals surface area (Å²) in [6.45, 7) is 5.99. The van der Waals surface area contributed by atoms with E-state index in [1.807, 2.05) is 0 Å². The van der Waals surface area contributed by atoms with Crippen molar-refractivity contribution in [1.82, 2.24) is 24.6 Å². The van der Waals surface area contributed by atoms with Crippen molar-refractivity contribution in [3.8, 4) is 5.75 Å². The summed E-state index contributed by atoms with van der Waals surface area (Å²) in [6.07, 6.45) is -3.45. The Hall–Kier alpha value is -3.75. The lowest BCUT2D eigenvalue weighted by Gasteiger charge is -2.28. The van der Waals surface area contributed by atoms with Crippen LogP contribution in [-0.4, -0.2) is 81.1 Å². The van der Waals surface area contributed by atoms with Gasteiger partial charge in [-0.2, -0.15) is 5.09 Å². The number of imidazole rings is 1. The number of hydrogen-bond donors (Lipinski definition) is 2. The van der Waals surface area contributed by atoms with Crippen LogP contribution in [0.1, 0.15) is 39.7 Å². The van der Waals surface area contributed by atoms with Crippen molar-refractivity contribution in [2.24, 2.45) is 0 Å². The lowest BCUT2D eigenvalue weighted by atomic mass is 9.97. The Bertz CT molecular complexity index is 1800. The monoisotopic (exact) mass is 662 g/mol. The van der Waals surface area contributed by atoms with Crippen molar-refractivity contribution in [1.29, 1.82) is 0 Å². The number of nitrogens with one attached hydrogen (secondary N) is 1. The highest BCUT2D eigenvalue weighted by atomic mass is 31.2. The van der Waals surface area contributed by atoms with Crippen LogP contribution in [0.5, 0.6) is 5.75 Å². The molecule has 1 unspecified atom stereocenters. The number of carbonyl (C=O) groups excluding carboxylic acids is 1. The van der Waals surface area contributed by atoms with E-state index in [0.29, 0.717) is 22.5 Å². The van der Waals surface area contributed by atoms with Gasteiger partial charge in [-0.25, -0.2) is 28.3 Å². The molecule has 1 aliphatic heterocycles. The predicted octanol–water partition coefficient (Wildman–Crippen LogP) is 4.77. The molecule has 1 saturated heterocycles.